The molecular weight excluding hydrogens is 424 g/mol. The van der Waals surface area contributed by atoms with Crippen LogP contribution in [0.1, 0.15) is 28.4 Å². The Morgan fingerprint density at radius 2 is 1.85 bits per heavy atom. The fourth-order valence-corrected chi connectivity index (χ4v) is 3.81. The number of hydrogen-bond donors (Lipinski definition) is 2. The van der Waals surface area contributed by atoms with Crippen LogP contribution in [-0.2, 0) is 18.3 Å². The molecule has 1 unspecified atom stereocenters. The molecule has 170 valence electrons. The zero-order valence-corrected chi connectivity index (χ0v) is 19.2. The zero-order chi connectivity index (χ0) is 23.9. The summed E-state index contributed by atoms with van der Waals surface area (Å²) in [5, 5.41) is 19.5. The van der Waals surface area contributed by atoms with Crippen LogP contribution in [-0.4, -0.2) is 27.2 Å². The number of carbonyl (C=O) groups is 1. The van der Waals surface area contributed by atoms with Gasteiger partial charge in [-0.3, -0.25) is 9.48 Å². The average molecular weight is 451 g/mol. The van der Waals surface area contributed by atoms with Crippen LogP contribution in [0.25, 0.3) is 11.1 Å². The largest absolute Gasteiger partial charge is 0.309 e. The Hall–Kier alpha value is -4.28. The van der Waals surface area contributed by atoms with Crippen molar-refractivity contribution in [2.24, 2.45) is 7.05 Å². The predicted molar refractivity (Wildman–Crippen MR) is 132 cm³/mol. The van der Waals surface area contributed by atoms with Crippen LogP contribution in [0, 0.1) is 18.3 Å². The van der Waals surface area contributed by atoms with Crippen LogP contribution in [0.2, 0.25) is 0 Å². The number of pyridine rings is 1. The highest BCUT2D eigenvalue weighted by molar-refractivity contribution is 5.95. The van der Waals surface area contributed by atoms with Gasteiger partial charge in [0.05, 0.1) is 17.8 Å². The fourth-order valence-electron chi connectivity index (χ4n) is 3.81. The van der Waals surface area contributed by atoms with Crippen LogP contribution in [0.3, 0.4) is 0 Å². The van der Waals surface area contributed by atoms with Crippen molar-refractivity contribution in [2.75, 3.05) is 11.9 Å². The molecule has 0 aliphatic heterocycles. The number of nitrogens with zero attached hydrogens (tertiary/aromatic N) is 4. The zero-order valence-electron chi connectivity index (χ0n) is 19.2. The van der Waals surface area contributed by atoms with E-state index in [1.54, 1.807) is 23.0 Å². The highest BCUT2D eigenvalue weighted by atomic mass is 16.2. The highest BCUT2D eigenvalue weighted by Gasteiger charge is 2.21. The van der Waals surface area contributed by atoms with Crippen molar-refractivity contribution in [3.8, 4) is 17.2 Å². The van der Waals surface area contributed by atoms with Gasteiger partial charge >= 0.3 is 0 Å². The lowest BCUT2D eigenvalue weighted by Gasteiger charge is -2.19. The maximum atomic E-state index is 13.2. The van der Waals surface area contributed by atoms with Crippen LogP contribution in [0.15, 0.2) is 79.1 Å². The molecule has 0 fully saturated rings. The predicted octanol–water partition coefficient (Wildman–Crippen LogP) is 4.17. The van der Waals surface area contributed by atoms with Gasteiger partial charge in [-0.15, -0.1) is 0 Å². The summed E-state index contributed by atoms with van der Waals surface area (Å²) < 4.78 is 1.75. The Bertz CT molecular complexity index is 1310. The summed E-state index contributed by atoms with van der Waals surface area (Å²) in [6.07, 6.45) is 4.47. The van der Waals surface area contributed by atoms with Crippen molar-refractivity contribution < 1.29 is 4.79 Å². The van der Waals surface area contributed by atoms with Crippen molar-refractivity contribution in [1.29, 1.82) is 5.26 Å². The van der Waals surface area contributed by atoms with Gasteiger partial charge < -0.3 is 10.6 Å². The van der Waals surface area contributed by atoms with E-state index in [1.165, 1.54) is 0 Å². The third-order valence-electron chi connectivity index (χ3n) is 5.59. The second kappa shape index (κ2) is 10.6. The molecule has 0 saturated carbocycles. The first-order valence-corrected chi connectivity index (χ1v) is 11.1. The second-order valence-corrected chi connectivity index (χ2v) is 8.08. The molecule has 2 heterocycles. The first-order chi connectivity index (χ1) is 16.5. The van der Waals surface area contributed by atoms with Crippen molar-refractivity contribution in [2.45, 2.75) is 19.4 Å². The summed E-state index contributed by atoms with van der Waals surface area (Å²) >= 11 is 0. The van der Waals surface area contributed by atoms with E-state index in [1.807, 2.05) is 74.8 Å². The van der Waals surface area contributed by atoms with E-state index in [2.05, 4.69) is 26.8 Å². The number of carbonyl (C=O) groups excluding carboxylic acids is 1. The maximum Gasteiger partial charge on any atom is 0.247 e. The third kappa shape index (κ3) is 5.55. The van der Waals surface area contributed by atoms with Crippen molar-refractivity contribution in [3.05, 3.63) is 102 Å². The van der Waals surface area contributed by atoms with Gasteiger partial charge in [-0.1, -0.05) is 42.5 Å². The Balaban J connectivity index is 1.46. The molecule has 34 heavy (non-hydrogen) atoms. The summed E-state index contributed by atoms with van der Waals surface area (Å²) in [6, 6.07) is 22.5. The molecular formula is C27H26N6O. The van der Waals surface area contributed by atoms with Gasteiger partial charge in [0.1, 0.15) is 11.9 Å². The number of hydrogen-bond acceptors (Lipinski definition) is 5. The number of rotatable bonds is 8. The lowest BCUT2D eigenvalue weighted by molar-refractivity contribution is -0.118. The van der Waals surface area contributed by atoms with Gasteiger partial charge in [0.15, 0.2) is 0 Å². The van der Waals surface area contributed by atoms with Crippen LogP contribution < -0.4 is 10.6 Å². The summed E-state index contributed by atoms with van der Waals surface area (Å²) in [4.78, 5) is 17.8. The van der Waals surface area contributed by atoms with Crippen LogP contribution in [0.5, 0.6) is 0 Å². The molecule has 7 heteroatoms. The van der Waals surface area contributed by atoms with E-state index in [0.717, 1.165) is 34.4 Å². The molecule has 7 nitrogen and oxygen atoms in total. The molecule has 1 atom stereocenters. The average Bonchev–Trinajstić information content (AvgIpc) is 3.28. The molecule has 1 amide bonds. The molecule has 2 aromatic heterocycles. The van der Waals surface area contributed by atoms with Crippen molar-refractivity contribution in [3.63, 3.8) is 0 Å². The quantitative estimate of drug-likeness (QED) is 0.420. The minimum absolute atomic E-state index is 0.174. The number of anilines is 1. The molecule has 2 aromatic carbocycles. The van der Waals surface area contributed by atoms with E-state index >= 15 is 0 Å². The van der Waals surface area contributed by atoms with E-state index in [4.69, 9.17) is 5.26 Å². The molecule has 0 spiro atoms. The van der Waals surface area contributed by atoms with E-state index in [9.17, 15) is 4.79 Å². The van der Waals surface area contributed by atoms with Crippen LogP contribution >= 0.6 is 0 Å². The Morgan fingerprint density at radius 3 is 2.50 bits per heavy atom. The summed E-state index contributed by atoms with van der Waals surface area (Å²) in [5.41, 5.74) is 5.39. The van der Waals surface area contributed by atoms with Gasteiger partial charge in [0.25, 0.3) is 0 Å². The summed E-state index contributed by atoms with van der Waals surface area (Å²) in [5.74, 6) is 0.331. The minimum atomic E-state index is -0.528. The highest BCUT2D eigenvalue weighted by Crippen LogP contribution is 2.23. The summed E-state index contributed by atoms with van der Waals surface area (Å²) in [6.45, 7) is 2.52. The lowest BCUT2D eigenvalue weighted by Crippen LogP contribution is -2.34. The SMILES string of the molecule is Cc1nc(NC(=O)C(NCCc2ccc(C#N)cc2)c2ccccc2)ccc1-c1cnn(C)c1. The van der Waals surface area contributed by atoms with Gasteiger partial charge in [0, 0.05) is 36.6 Å². The smallest absolute Gasteiger partial charge is 0.247 e. The molecule has 0 aliphatic rings. The molecule has 4 rings (SSSR count). The molecule has 0 bridgehead atoms. The van der Waals surface area contributed by atoms with Crippen LogP contribution in [0.4, 0.5) is 5.82 Å². The van der Waals surface area contributed by atoms with Gasteiger partial charge in [0.2, 0.25) is 5.91 Å². The molecule has 0 saturated heterocycles. The third-order valence-corrected chi connectivity index (χ3v) is 5.59. The number of amides is 1. The summed E-state index contributed by atoms with van der Waals surface area (Å²) in [7, 11) is 1.87. The van der Waals surface area contributed by atoms with Crippen molar-refractivity contribution in [1.82, 2.24) is 20.1 Å². The Kier molecular flexibility index (Phi) is 7.11. The van der Waals surface area contributed by atoms with E-state index in [0.29, 0.717) is 17.9 Å². The standard InChI is InChI=1S/C27H26N6O/c1-19-24(23-17-30-33(2)18-23)12-13-25(31-19)32-27(34)26(22-6-4-3-5-7-22)29-15-14-20-8-10-21(16-28)11-9-20/h3-13,17-18,26,29H,14-15H2,1-2H3,(H,31,32,34). The number of aromatic nitrogens is 3. The molecule has 2 N–H and O–H groups in total. The second-order valence-electron chi connectivity index (χ2n) is 8.08. The van der Waals surface area contributed by atoms with Gasteiger partial charge in [-0.2, -0.15) is 10.4 Å². The Labute approximate surface area is 199 Å². The van der Waals surface area contributed by atoms with E-state index < -0.39 is 6.04 Å². The number of nitriles is 1. The first-order valence-electron chi connectivity index (χ1n) is 11.1. The molecule has 0 radical (unpaired) electrons. The lowest BCUT2D eigenvalue weighted by atomic mass is 10.0. The fraction of sp³-hybridized carbons (Fsp3) is 0.185. The first kappa shape index (κ1) is 22.9. The molecule has 4 aromatic rings. The topological polar surface area (TPSA) is 95.6 Å². The Morgan fingerprint density at radius 1 is 1.09 bits per heavy atom. The number of aryl methyl sites for hydroxylation is 2. The monoisotopic (exact) mass is 450 g/mol. The maximum absolute atomic E-state index is 13.2. The van der Waals surface area contributed by atoms with E-state index in [-0.39, 0.29) is 5.91 Å². The van der Waals surface area contributed by atoms with Gasteiger partial charge in [-0.25, -0.2) is 4.98 Å². The van der Waals surface area contributed by atoms with Gasteiger partial charge in [-0.05, 0) is 48.7 Å². The normalized spacial score (nSPS) is 11.6. The number of benzene rings is 2. The minimum Gasteiger partial charge on any atom is -0.309 e. The number of nitrogens with one attached hydrogen (secondary N) is 2. The van der Waals surface area contributed by atoms with Crippen molar-refractivity contribution >= 4 is 11.7 Å². The molecule has 0 aliphatic carbocycles.